The summed E-state index contributed by atoms with van der Waals surface area (Å²) in [6.07, 6.45) is 0. The Kier molecular flexibility index (Phi) is 5.20. The Hall–Kier alpha value is -1.51. The highest BCUT2D eigenvalue weighted by Gasteiger charge is 2.15. The summed E-state index contributed by atoms with van der Waals surface area (Å²) in [7, 11) is 0. The summed E-state index contributed by atoms with van der Waals surface area (Å²) in [6, 6.07) is 8.07. The van der Waals surface area contributed by atoms with E-state index in [-0.39, 0.29) is 18.0 Å². The van der Waals surface area contributed by atoms with Gasteiger partial charge < -0.3 is 10.6 Å². The quantitative estimate of drug-likeness (QED) is 0.840. The Morgan fingerprint density at radius 3 is 2.22 bits per heavy atom. The van der Waals surface area contributed by atoms with Crippen molar-refractivity contribution in [2.24, 2.45) is 0 Å². The summed E-state index contributed by atoms with van der Waals surface area (Å²) in [5.41, 5.74) is 2.28. The molecule has 0 heterocycles. The number of hydrogen-bond donors (Lipinski definition) is 2. The Morgan fingerprint density at radius 2 is 1.67 bits per heavy atom. The lowest BCUT2D eigenvalue weighted by Crippen LogP contribution is -2.41. The maximum absolute atomic E-state index is 11.9. The molecule has 3 nitrogen and oxygen atoms in total. The summed E-state index contributed by atoms with van der Waals surface area (Å²) in [6.45, 7) is 10.1. The molecular weight excluding hydrogens is 224 g/mol. The summed E-state index contributed by atoms with van der Waals surface area (Å²) in [4.78, 5) is 11.9. The molecule has 100 valence electrons. The first kappa shape index (κ1) is 14.6. The van der Waals surface area contributed by atoms with E-state index in [1.165, 1.54) is 5.56 Å². The molecule has 0 aromatic heterocycles. The Bertz CT molecular complexity index is 399. The molecule has 0 aliphatic carbocycles. The van der Waals surface area contributed by atoms with E-state index in [2.05, 4.69) is 30.5 Å². The van der Waals surface area contributed by atoms with Crippen molar-refractivity contribution in [1.29, 1.82) is 0 Å². The molecule has 0 saturated carbocycles. The summed E-state index contributed by atoms with van der Waals surface area (Å²) in [5, 5.41) is 6.19. The normalized spacial score (nSPS) is 12.6. The van der Waals surface area contributed by atoms with Gasteiger partial charge in [0.1, 0.15) is 6.04 Å². The predicted octanol–water partition coefficient (Wildman–Crippen LogP) is 3.14. The van der Waals surface area contributed by atoms with Gasteiger partial charge in [0.25, 0.3) is 0 Å². The molecule has 1 atom stereocenters. The van der Waals surface area contributed by atoms with Gasteiger partial charge in [0.15, 0.2) is 0 Å². The molecule has 1 unspecified atom stereocenters. The molecule has 1 aromatic rings. The third-order valence-electron chi connectivity index (χ3n) is 2.78. The predicted molar refractivity (Wildman–Crippen MR) is 76.9 cm³/mol. The largest absolute Gasteiger partial charge is 0.374 e. The van der Waals surface area contributed by atoms with E-state index in [0.29, 0.717) is 5.92 Å². The van der Waals surface area contributed by atoms with Crippen LogP contribution in [-0.4, -0.2) is 18.0 Å². The van der Waals surface area contributed by atoms with Crippen molar-refractivity contribution in [3.05, 3.63) is 29.8 Å². The average molecular weight is 248 g/mol. The molecule has 3 heteroatoms. The molecule has 0 spiro atoms. The number of hydrogen-bond acceptors (Lipinski definition) is 2. The zero-order valence-corrected chi connectivity index (χ0v) is 11.9. The highest BCUT2D eigenvalue weighted by atomic mass is 16.2. The van der Waals surface area contributed by atoms with Crippen LogP contribution in [0.2, 0.25) is 0 Å². The van der Waals surface area contributed by atoms with Gasteiger partial charge in [0, 0.05) is 11.7 Å². The second kappa shape index (κ2) is 6.43. The zero-order valence-electron chi connectivity index (χ0n) is 11.9. The monoisotopic (exact) mass is 248 g/mol. The molecule has 2 N–H and O–H groups in total. The lowest BCUT2D eigenvalue weighted by Gasteiger charge is -2.20. The smallest absolute Gasteiger partial charge is 0.242 e. The number of nitrogens with one attached hydrogen (secondary N) is 2. The molecule has 0 aliphatic rings. The number of rotatable bonds is 5. The standard InChI is InChI=1S/C15H24N2O/c1-10(2)13-8-6-7-9-14(13)17-12(5)15(18)16-11(3)4/h6-12,17H,1-5H3,(H,16,18). The van der Waals surface area contributed by atoms with Crippen LogP contribution in [0.3, 0.4) is 0 Å². The van der Waals surface area contributed by atoms with Crippen molar-refractivity contribution in [2.45, 2.75) is 52.6 Å². The van der Waals surface area contributed by atoms with Crippen LogP contribution in [0.4, 0.5) is 5.69 Å². The van der Waals surface area contributed by atoms with Crippen LogP contribution in [0.1, 0.15) is 46.1 Å². The van der Waals surface area contributed by atoms with Crippen LogP contribution >= 0.6 is 0 Å². The minimum Gasteiger partial charge on any atom is -0.374 e. The molecule has 18 heavy (non-hydrogen) atoms. The van der Waals surface area contributed by atoms with Gasteiger partial charge in [-0.05, 0) is 38.3 Å². The van der Waals surface area contributed by atoms with Crippen molar-refractivity contribution < 1.29 is 4.79 Å². The van der Waals surface area contributed by atoms with Crippen LogP contribution in [0, 0.1) is 0 Å². The maximum Gasteiger partial charge on any atom is 0.242 e. The fourth-order valence-electron chi connectivity index (χ4n) is 1.84. The van der Waals surface area contributed by atoms with Gasteiger partial charge in [0.2, 0.25) is 5.91 Å². The number of para-hydroxylation sites is 1. The molecule has 0 radical (unpaired) electrons. The number of anilines is 1. The summed E-state index contributed by atoms with van der Waals surface area (Å²) < 4.78 is 0. The second-order valence-corrected chi connectivity index (χ2v) is 5.27. The van der Waals surface area contributed by atoms with Crippen molar-refractivity contribution in [2.75, 3.05) is 5.32 Å². The molecule has 1 amide bonds. The number of carbonyl (C=O) groups is 1. The topological polar surface area (TPSA) is 41.1 Å². The van der Waals surface area contributed by atoms with E-state index in [4.69, 9.17) is 0 Å². The van der Waals surface area contributed by atoms with Crippen LogP contribution in [-0.2, 0) is 4.79 Å². The number of amides is 1. The molecule has 0 fully saturated rings. The van der Waals surface area contributed by atoms with E-state index in [9.17, 15) is 4.79 Å². The first-order valence-corrected chi connectivity index (χ1v) is 6.57. The van der Waals surface area contributed by atoms with E-state index < -0.39 is 0 Å². The Morgan fingerprint density at radius 1 is 1.06 bits per heavy atom. The van der Waals surface area contributed by atoms with E-state index in [1.807, 2.05) is 39.0 Å². The van der Waals surface area contributed by atoms with Gasteiger partial charge >= 0.3 is 0 Å². The molecule has 0 bridgehead atoms. The van der Waals surface area contributed by atoms with Crippen molar-refractivity contribution in [3.63, 3.8) is 0 Å². The molecule has 1 rings (SSSR count). The third-order valence-corrected chi connectivity index (χ3v) is 2.78. The molecule has 0 saturated heterocycles. The van der Waals surface area contributed by atoms with Crippen LogP contribution in [0.5, 0.6) is 0 Å². The lowest BCUT2D eigenvalue weighted by atomic mass is 10.0. The highest BCUT2D eigenvalue weighted by Crippen LogP contribution is 2.24. The van der Waals surface area contributed by atoms with E-state index in [1.54, 1.807) is 0 Å². The van der Waals surface area contributed by atoms with Crippen LogP contribution in [0.25, 0.3) is 0 Å². The molecular formula is C15H24N2O. The second-order valence-electron chi connectivity index (χ2n) is 5.27. The van der Waals surface area contributed by atoms with Crippen LogP contribution in [0.15, 0.2) is 24.3 Å². The third kappa shape index (κ3) is 4.06. The van der Waals surface area contributed by atoms with Gasteiger partial charge in [-0.1, -0.05) is 32.0 Å². The fraction of sp³-hybridized carbons (Fsp3) is 0.533. The first-order chi connectivity index (χ1) is 8.41. The maximum atomic E-state index is 11.9. The summed E-state index contributed by atoms with van der Waals surface area (Å²) >= 11 is 0. The van der Waals surface area contributed by atoms with Crippen LogP contribution < -0.4 is 10.6 Å². The molecule has 1 aromatic carbocycles. The Labute approximate surface area is 110 Å². The van der Waals surface area contributed by atoms with Gasteiger partial charge in [-0.3, -0.25) is 4.79 Å². The number of benzene rings is 1. The first-order valence-electron chi connectivity index (χ1n) is 6.57. The van der Waals surface area contributed by atoms with Gasteiger partial charge in [-0.15, -0.1) is 0 Å². The average Bonchev–Trinajstić information content (AvgIpc) is 2.28. The van der Waals surface area contributed by atoms with Gasteiger partial charge in [-0.25, -0.2) is 0 Å². The highest BCUT2D eigenvalue weighted by molar-refractivity contribution is 5.84. The molecule has 0 aliphatic heterocycles. The van der Waals surface area contributed by atoms with Crippen molar-refractivity contribution in [3.8, 4) is 0 Å². The van der Waals surface area contributed by atoms with E-state index >= 15 is 0 Å². The lowest BCUT2D eigenvalue weighted by molar-refractivity contribution is -0.122. The minimum absolute atomic E-state index is 0.0311. The Balaban J connectivity index is 2.75. The van der Waals surface area contributed by atoms with Gasteiger partial charge in [-0.2, -0.15) is 0 Å². The van der Waals surface area contributed by atoms with Crippen molar-refractivity contribution in [1.82, 2.24) is 5.32 Å². The zero-order chi connectivity index (χ0) is 13.7. The minimum atomic E-state index is -0.229. The van der Waals surface area contributed by atoms with Crippen molar-refractivity contribution >= 4 is 11.6 Å². The fourth-order valence-corrected chi connectivity index (χ4v) is 1.84. The van der Waals surface area contributed by atoms with Gasteiger partial charge in [0.05, 0.1) is 0 Å². The van der Waals surface area contributed by atoms with E-state index in [0.717, 1.165) is 5.69 Å². The summed E-state index contributed by atoms with van der Waals surface area (Å²) in [5.74, 6) is 0.470. The number of carbonyl (C=O) groups excluding carboxylic acids is 1. The SMILES string of the molecule is CC(C)NC(=O)C(C)Nc1ccccc1C(C)C.